The Morgan fingerprint density at radius 2 is 1.62 bits per heavy atom. The van der Waals surface area contributed by atoms with Crippen molar-refractivity contribution in [2.75, 3.05) is 33.0 Å². The van der Waals surface area contributed by atoms with E-state index in [9.17, 15) is 9.59 Å². The van der Waals surface area contributed by atoms with Gasteiger partial charge in [-0.15, -0.1) is 0 Å². The van der Waals surface area contributed by atoms with Crippen LogP contribution < -0.4 is 10.6 Å². The van der Waals surface area contributed by atoms with E-state index >= 15 is 0 Å². The molecule has 0 spiro atoms. The summed E-state index contributed by atoms with van der Waals surface area (Å²) >= 11 is 0. The fourth-order valence-electron chi connectivity index (χ4n) is 0.901. The minimum absolute atomic E-state index is 0.0288. The van der Waals surface area contributed by atoms with Gasteiger partial charge in [-0.05, 0) is 13.0 Å². The number of aliphatic hydroxyl groups is 4. The van der Waals surface area contributed by atoms with E-state index in [1.165, 1.54) is 0 Å². The summed E-state index contributed by atoms with van der Waals surface area (Å²) in [5.41, 5.74) is -0.894. The second-order valence-corrected chi connectivity index (χ2v) is 4.21. The van der Waals surface area contributed by atoms with E-state index in [1.54, 1.807) is 6.92 Å². The van der Waals surface area contributed by atoms with Crippen LogP contribution in [0.25, 0.3) is 0 Å². The molecule has 0 saturated carbocycles. The van der Waals surface area contributed by atoms with Crippen LogP contribution >= 0.6 is 0 Å². The molecule has 0 atom stereocenters. The molecule has 0 aromatic carbocycles. The summed E-state index contributed by atoms with van der Waals surface area (Å²) in [7, 11) is 0. The Kier molecular flexibility index (Phi) is 12.4. The third kappa shape index (κ3) is 9.74. The summed E-state index contributed by atoms with van der Waals surface area (Å²) in [6, 6.07) is 0. The Hall–Kier alpha value is -1.74. The molecule has 0 saturated heterocycles. The molecule has 0 aliphatic carbocycles. The van der Waals surface area contributed by atoms with Gasteiger partial charge in [0.15, 0.2) is 0 Å². The zero-order valence-corrected chi connectivity index (χ0v) is 12.1. The molecular formula is C13H24N2O6. The highest BCUT2D eigenvalue weighted by Crippen LogP contribution is 2.00. The topological polar surface area (TPSA) is 139 Å². The number of amides is 2. The molecule has 21 heavy (non-hydrogen) atoms. The lowest BCUT2D eigenvalue weighted by molar-refractivity contribution is -0.120. The van der Waals surface area contributed by atoms with E-state index in [4.69, 9.17) is 20.4 Å². The smallest absolute Gasteiger partial charge is 0.246 e. The quantitative estimate of drug-likeness (QED) is 0.278. The zero-order valence-electron chi connectivity index (χ0n) is 12.1. The molecule has 0 unspecified atom stereocenters. The van der Waals surface area contributed by atoms with Crippen molar-refractivity contribution in [1.29, 1.82) is 0 Å². The molecule has 8 nitrogen and oxygen atoms in total. The molecule has 0 aromatic rings. The van der Waals surface area contributed by atoms with Gasteiger partial charge in [0.2, 0.25) is 11.8 Å². The monoisotopic (exact) mass is 304 g/mol. The summed E-state index contributed by atoms with van der Waals surface area (Å²) in [6.45, 7) is 6.91. The van der Waals surface area contributed by atoms with E-state index in [-0.39, 0.29) is 12.5 Å². The number of carbonyl (C=O) groups excluding carboxylic acids is 2. The molecule has 8 heteroatoms. The van der Waals surface area contributed by atoms with Crippen LogP contribution in [0.4, 0.5) is 0 Å². The average molecular weight is 304 g/mol. The van der Waals surface area contributed by atoms with Crippen LogP contribution in [0.15, 0.2) is 24.8 Å². The van der Waals surface area contributed by atoms with Crippen molar-refractivity contribution in [3.63, 3.8) is 0 Å². The molecule has 122 valence electrons. The average Bonchev–Trinajstić information content (AvgIpc) is 2.50. The molecule has 0 aromatic heterocycles. The molecule has 0 radical (unpaired) electrons. The largest absolute Gasteiger partial charge is 0.395 e. The van der Waals surface area contributed by atoms with Crippen molar-refractivity contribution in [2.24, 2.45) is 0 Å². The van der Waals surface area contributed by atoms with Gasteiger partial charge < -0.3 is 31.1 Å². The maximum absolute atomic E-state index is 10.7. The van der Waals surface area contributed by atoms with Crippen molar-refractivity contribution < 1.29 is 30.0 Å². The van der Waals surface area contributed by atoms with Crippen LogP contribution in [0.2, 0.25) is 0 Å². The third-order valence-corrected chi connectivity index (χ3v) is 2.27. The summed E-state index contributed by atoms with van der Waals surface area (Å²) in [6.07, 6.45) is 0.996. The SMILES string of the molecule is C=C(C)C(=O)NCCO.C=CC(=O)NC(CO)(CO)CO. The summed E-state index contributed by atoms with van der Waals surface area (Å²) in [5.74, 6) is -0.754. The first kappa shape index (κ1) is 21.6. The number of rotatable bonds is 8. The van der Waals surface area contributed by atoms with Crippen LogP contribution in [0.5, 0.6) is 0 Å². The Balaban J connectivity index is 0. The number of aliphatic hydroxyl groups excluding tert-OH is 4. The van der Waals surface area contributed by atoms with Gasteiger partial charge in [0.1, 0.15) is 5.54 Å². The van der Waals surface area contributed by atoms with E-state index in [0.29, 0.717) is 12.1 Å². The fourth-order valence-corrected chi connectivity index (χ4v) is 0.901. The van der Waals surface area contributed by atoms with Crippen molar-refractivity contribution >= 4 is 11.8 Å². The summed E-state index contributed by atoms with van der Waals surface area (Å²) in [4.78, 5) is 21.3. The van der Waals surface area contributed by atoms with Gasteiger partial charge in [-0.25, -0.2) is 0 Å². The predicted octanol–water partition coefficient (Wildman–Crippen LogP) is -2.32. The normalized spacial score (nSPS) is 9.95. The molecule has 0 aliphatic rings. The number of nitrogens with one attached hydrogen (secondary N) is 2. The maximum atomic E-state index is 10.7. The first-order valence-electron chi connectivity index (χ1n) is 6.14. The fraction of sp³-hybridized carbons (Fsp3) is 0.538. The lowest BCUT2D eigenvalue weighted by atomic mass is 10.0. The Bertz CT molecular complexity index is 344. The van der Waals surface area contributed by atoms with E-state index in [1.807, 2.05) is 0 Å². The van der Waals surface area contributed by atoms with E-state index in [0.717, 1.165) is 6.08 Å². The Labute approximate surface area is 123 Å². The van der Waals surface area contributed by atoms with Crippen LogP contribution in [-0.4, -0.2) is 70.8 Å². The van der Waals surface area contributed by atoms with Gasteiger partial charge >= 0.3 is 0 Å². The Morgan fingerprint density at radius 1 is 1.14 bits per heavy atom. The predicted molar refractivity (Wildman–Crippen MR) is 77.2 cm³/mol. The highest BCUT2D eigenvalue weighted by Gasteiger charge is 2.28. The zero-order chi connectivity index (χ0) is 16.9. The second-order valence-electron chi connectivity index (χ2n) is 4.21. The van der Waals surface area contributed by atoms with Gasteiger partial charge in [-0.2, -0.15) is 0 Å². The number of hydrogen-bond acceptors (Lipinski definition) is 6. The molecular weight excluding hydrogens is 280 g/mol. The summed E-state index contributed by atoms with van der Waals surface area (Å²) in [5, 5.41) is 39.2. The minimum atomic E-state index is -1.36. The van der Waals surface area contributed by atoms with Crippen molar-refractivity contribution in [3.05, 3.63) is 24.8 Å². The van der Waals surface area contributed by atoms with Gasteiger partial charge in [0, 0.05) is 12.1 Å². The van der Waals surface area contributed by atoms with E-state index in [2.05, 4.69) is 23.8 Å². The summed E-state index contributed by atoms with van der Waals surface area (Å²) < 4.78 is 0. The highest BCUT2D eigenvalue weighted by molar-refractivity contribution is 5.92. The molecule has 0 bridgehead atoms. The highest BCUT2D eigenvalue weighted by atomic mass is 16.3. The standard InChI is InChI=1S/C7H13NO4.C6H11NO2/c1-2-6(12)8-7(3-9,4-10)5-11;1-5(2)6(9)7-3-4-8/h2,9-11H,1,3-5H2,(H,8,12);8H,1,3-4H2,2H3,(H,7,9). The van der Waals surface area contributed by atoms with Crippen LogP contribution in [0.3, 0.4) is 0 Å². The minimum Gasteiger partial charge on any atom is -0.395 e. The first-order valence-corrected chi connectivity index (χ1v) is 6.14. The molecule has 0 aliphatic heterocycles. The Morgan fingerprint density at radius 3 is 1.90 bits per heavy atom. The second kappa shape index (κ2) is 12.0. The van der Waals surface area contributed by atoms with Gasteiger partial charge in [-0.3, -0.25) is 9.59 Å². The van der Waals surface area contributed by atoms with Crippen molar-refractivity contribution in [1.82, 2.24) is 10.6 Å². The maximum Gasteiger partial charge on any atom is 0.246 e. The molecule has 2 amide bonds. The third-order valence-electron chi connectivity index (χ3n) is 2.27. The van der Waals surface area contributed by atoms with Crippen LogP contribution in [-0.2, 0) is 9.59 Å². The van der Waals surface area contributed by atoms with Gasteiger partial charge in [0.05, 0.1) is 26.4 Å². The number of hydrogen-bond donors (Lipinski definition) is 6. The van der Waals surface area contributed by atoms with Crippen molar-refractivity contribution in [2.45, 2.75) is 12.5 Å². The lowest BCUT2D eigenvalue weighted by Gasteiger charge is -2.27. The van der Waals surface area contributed by atoms with Gasteiger partial charge in [0.25, 0.3) is 0 Å². The molecule has 6 N–H and O–H groups in total. The van der Waals surface area contributed by atoms with E-state index < -0.39 is 31.3 Å². The lowest BCUT2D eigenvalue weighted by Crippen LogP contribution is -2.56. The van der Waals surface area contributed by atoms with Gasteiger partial charge in [-0.1, -0.05) is 13.2 Å². The number of carbonyl (C=O) groups is 2. The molecule has 0 fully saturated rings. The molecule has 0 heterocycles. The molecule has 0 rings (SSSR count). The van der Waals surface area contributed by atoms with Crippen molar-refractivity contribution in [3.8, 4) is 0 Å². The van der Waals surface area contributed by atoms with Crippen LogP contribution in [0, 0.1) is 0 Å². The van der Waals surface area contributed by atoms with Crippen LogP contribution in [0.1, 0.15) is 6.92 Å². The first-order chi connectivity index (χ1) is 9.82.